The fourth-order valence-electron chi connectivity index (χ4n) is 2.22. The first-order valence-electron chi connectivity index (χ1n) is 8.02. The Kier molecular flexibility index (Phi) is 4.66. The van der Waals surface area contributed by atoms with Crippen molar-refractivity contribution in [1.29, 1.82) is 0 Å². The minimum Gasteiger partial charge on any atom is -0.490 e. The van der Waals surface area contributed by atoms with E-state index in [2.05, 4.69) is 10.3 Å². The molecule has 1 fully saturated rings. The Bertz CT molecular complexity index is 712. The summed E-state index contributed by atoms with van der Waals surface area (Å²) in [5.41, 5.74) is 6.08. The van der Waals surface area contributed by atoms with E-state index in [0.29, 0.717) is 30.5 Å². The summed E-state index contributed by atoms with van der Waals surface area (Å²) in [5.74, 6) is 1.66. The molecule has 6 nitrogen and oxygen atoms in total. The van der Waals surface area contributed by atoms with Gasteiger partial charge in [0.05, 0.1) is 12.1 Å². The molecule has 0 bridgehead atoms. The number of carbonyl (C=O) groups is 1. The van der Waals surface area contributed by atoms with Crippen LogP contribution < -0.4 is 20.5 Å². The highest BCUT2D eigenvalue weighted by atomic mass is 16.5. The molecular weight excluding hydrogens is 306 g/mol. The summed E-state index contributed by atoms with van der Waals surface area (Å²) in [4.78, 5) is 16.1. The van der Waals surface area contributed by atoms with E-state index >= 15 is 0 Å². The summed E-state index contributed by atoms with van der Waals surface area (Å²) >= 11 is 0. The van der Waals surface area contributed by atoms with Crippen molar-refractivity contribution in [3.63, 3.8) is 0 Å². The number of nitrogens with zero attached hydrogens (tertiary/aromatic N) is 1. The quantitative estimate of drug-likeness (QED) is 0.815. The molecule has 1 aromatic heterocycles. The number of para-hydroxylation sites is 2. The van der Waals surface area contributed by atoms with Gasteiger partial charge in [0.25, 0.3) is 0 Å². The normalized spacial score (nSPS) is 14.8. The van der Waals surface area contributed by atoms with Crippen LogP contribution in [0.15, 0.2) is 42.6 Å². The Morgan fingerprint density at radius 1 is 1.25 bits per heavy atom. The molecule has 0 radical (unpaired) electrons. The monoisotopic (exact) mass is 327 g/mol. The third kappa shape index (κ3) is 3.83. The zero-order valence-electron chi connectivity index (χ0n) is 13.6. The van der Waals surface area contributed by atoms with E-state index in [9.17, 15) is 4.79 Å². The molecule has 1 aliphatic carbocycles. The molecule has 0 atom stereocenters. The van der Waals surface area contributed by atoms with Gasteiger partial charge < -0.3 is 20.5 Å². The van der Waals surface area contributed by atoms with Crippen LogP contribution in [0.4, 0.5) is 0 Å². The zero-order chi connectivity index (χ0) is 17.0. The Labute approximate surface area is 141 Å². The summed E-state index contributed by atoms with van der Waals surface area (Å²) < 4.78 is 11.3. The van der Waals surface area contributed by atoms with Gasteiger partial charge in [0.1, 0.15) is 0 Å². The van der Waals surface area contributed by atoms with Crippen LogP contribution in [0.3, 0.4) is 0 Å². The van der Waals surface area contributed by atoms with Crippen LogP contribution in [-0.2, 0) is 11.3 Å². The van der Waals surface area contributed by atoms with Crippen LogP contribution in [0.5, 0.6) is 17.4 Å². The lowest BCUT2D eigenvalue weighted by molar-refractivity contribution is -0.123. The van der Waals surface area contributed by atoms with Gasteiger partial charge in [-0.15, -0.1) is 0 Å². The highest BCUT2D eigenvalue weighted by Gasteiger charge is 2.45. The van der Waals surface area contributed by atoms with Gasteiger partial charge in [-0.3, -0.25) is 4.79 Å². The van der Waals surface area contributed by atoms with Crippen molar-refractivity contribution in [3.8, 4) is 17.4 Å². The topological polar surface area (TPSA) is 86.5 Å². The Balaban J connectivity index is 1.59. The predicted molar refractivity (Wildman–Crippen MR) is 89.9 cm³/mol. The molecule has 126 valence electrons. The first-order valence-corrected chi connectivity index (χ1v) is 8.02. The summed E-state index contributed by atoms with van der Waals surface area (Å²) in [5, 5.41) is 2.83. The van der Waals surface area contributed by atoms with Crippen LogP contribution in [0.1, 0.15) is 25.3 Å². The van der Waals surface area contributed by atoms with E-state index < -0.39 is 5.54 Å². The lowest BCUT2D eigenvalue weighted by atomic mass is 10.2. The molecule has 2 aromatic rings. The number of carbonyl (C=O) groups excluding carboxylic acids is 1. The van der Waals surface area contributed by atoms with Crippen LogP contribution >= 0.6 is 0 Å². The maximum atomic E-state index is 11.8. The maximum Gasteiger partial charge on any atom is 0.240 e. The van der Waals surface area contributed by atoms with Crippen molar-refractivity contribution in [2.45, 2.75) is 31.8 Å². The molecule has 0 saturated heterocycles. The van der Waals surface area contributed by atoms with Crippen molar-refractivity contribution in [1.82, 2.24) is 10.3 Å². The molecule has 0 aliphatic heterocycles. The first-order chi connectivity index (χ1) is 11.6. The molecule has 1 saturated carbocycles. The average molecular weight is 327 g/mol. The van der Waals surface area contributed by atoms with Gasteiger partial charge in [-0.25, -0.2) is 4.98 Å². The lowest BCUT2D eigenvalue weighted by Gasteiger charge is -2.12. The molecule has 1 heterocycles. The zero-order valence-corrected chi connectivity index (χ0v) is 13.6. The summed E-state index contributed by atoms with van der Waals surface area (Å²) in [6.45, 7) is 2.89. The maximum absolute atomic E-state index is 11.8. The number of amides is 1. The van der Waals surface area contributed by atoms with Crippen LogP contribution in [0.2, 0.25) is 0 Å². The number of hydrogen-bond acceptors (Lipinski definition) is 5. The van der Waals surface area contributed by atoms with Gasteiger partial charge in [0, 0.05) is 18.8 Å². The minimum absolute atomic E-state index is 0.103. The van der Waals surface area contributed by atoms with Crippen molar-refractivity contribution < 1.29 is 14.3 Å². The SMILES string of the molecule is CCOc1ccccc1Oc1ccc(CNC(=O)C2(N)CC2)cn1. The van der Waals surface area contributed by atoms with Gasteiger partial charge >= 0.3 is 0 Å². The second-order valence-electron chi connectivity index (χ2n) is 5.83. The van der Waals surface area contributed by atoms with Gasteiger partial charge in [-0.05, 0) is 37.5 Å². The lowest BCUT2D eigenvalue weighted by Crippen LogP contribution is -2.42. The van der Waals surface area contributed by atoms with Crippen molar-refractivity contribution in [2.75, 3.05) is 6.61 Å². The molecule has 1 aliphatic rings. The number of pyridine rings is 1. The third-order valence-corrected chi connectivity index (χ3v) is 3.86. The van der Waals surface area contributed by atoms with E-state index in [1.807, 2.05) is 37.3 Å². The highest BCUT2D eigenvalue weighted by molar-refractivity contribution is 5.88. The van der Waals surface area contributed by atoms with Crippen molar-refractivity contribution in [2.24, 2.45) is 5.73 Å². The van der Waals surface area contributed by atoms with Gasteiger partial charge in [0.15, 0.2) is 11.5 Å². The summed E-state index contributed by atoms with van der Waals surface area (Å²) in [6.07, 6.45) is 3.18. The van der Waals surface area contributed by atoms with Gasteiger partial charge in [0.2, 0.25) is 11.8 Å². The minimum atomic E-state index is -0.653. The molecule has 1 aromatic carbocycles. The number of benzene rings is 1. The fraction of sp³-hybridized carbons (Fsp3) is 0.333. The standard InChI is InChI=1S/C18H21N3O3/c1-2-23-14-5-3-4-6-15(14)24-16-8-7-13(11-20-16)12-21-17(22)18(19)9-10-18/h3-8,11H,2,9-10,12,19H2,1H3,(H,21,22). The van der Waals surface area contributed by atoms with Crippen molar-refractivity contribution >= 4 is 5.91 Å². The first kappa shape index (κ1) is 16.3. The Morgan fingerprint density at radius 3 is 2.62 bits per heavy atom. The number of hydrogen-bond donors (Lipinski definition) is 2. The number of rotatable bonds is 7. The molecule has 6 heteroatoms. The third-order valence-electron chi connectivity index (χ3n) is 3.86. The molecule has 24 heavy (non-hydrogen) atoms. The van der Waals surface area contributed by atoms with E-state index in [1.165, 1.54) is 0 Å². The van der Waals surface area contributed by atoms with E-state index in [1.54, 1.807) is 12.3 Å². The number of aromatic nitrogens is 1. The smallest absolute Gasteiger partial charge is 0.240 e. The molecule has 0 spiro atoms. The highest BCUT2D eigenvalue weighted by Crippen LogP contribution is 2.32. The Hall–Kier alpha value is -2.60. The predicted octanol–water partition coefficient (Wildman–Crippen LogP) is 2.38. The van der Waals surface area contributed by atoms with Crippen LogP contribution in [-0.4, -0.2) is 23.0 Å². The Morgan fingerprint density at radius 2 is 2.00 bits per heavy atom. The summed E-state index contributed by atoms with van der Waals surface area (Å²) in [6, 6.07) is 11.1. The van der Waals surface area contributed by atoms with Crippen LogP contribution in [0.25, 0.3) is 0 Å². The van der Waals surface area contributed by atoms with E-state index in [4.69, 9.17) is 15.2 Å². The molecule has 1 amide bonds. The fourth-order valence-corrected chi connectivity index (χ4v) is 2.22. The van der Waals surface area contributed by atoms with Gasteiger partial charge in [-0.2, -0.15) is 0 Å². The number of nitrogens with one attached hydrogen (secondary N) is 1. The average Bonchev–Trinajstić information content (AvgIpc) is 3.35. The largest absolute Gasteiger partial charge is 0.490 e. The molecule has 3 rings (SSSR count). The van der Waals surface area contributed by atoms with Crippen molar-refractivity contribution in [3.05, 3.63) is 48.2 Å². The molecule has 3 N–H and O–H groups in total. The molecule has 0 unspecified atom stereocenters. The second kappa shape index (κ2) is 6.88. The molecular formula is C18H21N3O3. The van der Waals surface area contributed by atoms with E-state index in [-0.39, 0.29) is 5.91 Å². The second-order valence-corrected chi connectivity index (χ2v) is 5.83. The van der Waals surface area contributed by atoms with Gasteiger partial charge in [-0.1, -0.05) is 18.2 Å². The van der Waals surface area contributed by atoms with Crippen LogP contribution in [0, 0.1) is 0 Å². The van der Waals surface area contributed by atoms with E-state index in [0.717, 1.165) is 18.4 Å². The number of nitrogens with two attached hydrogens (primary N) is 1. The number of ether oxygens (including phenoxy) is 2. The summed E-state index contributed by atoms with van der Waals surface area (Å²) in [7, 11) is 0.